The molecule has 0 fully saturated rings. The largest absolute Gasteiger partial charge is 0.490 e. The first-order valence-electron chi connectivity index (χ1n) is 9.10. The lowest BCUT2D eigenvalue weighted by atomic mass is 10.2. The van der Waals surface area contributed by atoms with E-state index < -0.39 is 6.10 Å². The Morgan fingerprint density at radius 2 is 1.93 bits per heavy atom. The molecule has 1 atom stereocenters. The number of aliphatic hydroxyl groups excluding tert-OH is 1. The molecule has 2 N–H and O–H groups in total. The maximum atomic E-state index is 12.5. The lowest BCUT2D eigenvalue weighted by Crippen LogP contribution is -2.22. The zero-order chi connectivity index (χ0) is 19.9. The van der Waals surface area contributed by atoms with Gasteiger partial charge in [-0.15, -0.1) is 11.3 Å². The van der Waals surface area contributed by atoms with Gasteiger partial charge in [-0.05, 0) is 56.3 Å². The Morgan fingerprint density at radius 3 is 2.64 bits per heavy atom. The topological polar surface area (TPSA) is 80.9 Å². The molecule has 0 saturated carbocycles. The summed E-state index contributed by atoms with van der Waals surface area (Å²) in [6.07, 6.45) is 0.727. The van der Waals surface area contributed by atoms with Gasteiger partial charge < -0.3 is 24.3 Å². The average Bonchev–Trinajstić information content (AvgIpc) is 3.39. The molecule has 0 aliphatic rings. The van der Waals surface area contributed by atoms with Crippen molar-refractivity contribution in [3.63, 3.8) is 0 Å². The van der Waals surface area contributed by atoms with Crippen molar-refractivity contribution in [2.24, 2.45) is 0 Å². The highest BCUT2D eigenvalue weighted by atomic mass is 32.1. The van der Waals surface area contributed by atoms with E-state index in [1.807, 2.05) is 26.0 Å². The van der Waals surface area contributed by atoms with Crippen molar-refractivity contribution in [1.29, 1.82) is 0 Å². The minimum Gasteiger partial charge on any atom is -0.490 e. The Kier molecular flexibility index (Phi) is 6.73. The SMILES string of the molecule is CCOc1ccc(C(=O)NCc2ccc(C(O)c3ccco3)s2)cc1OCC. The first kappa shape index (κ1) is 20.0. The number of benzene rings is 1. The molecule has 0 saturated heterocycles. The summed E-state index contributed by atoms with van der Waals surface area (Å²) >= 11 is 1.43. The molecule has 0 aliphatic heterocycles. The Hall–Kier alpha value is -2.77. The van der Waals surface area contributed by atoms with Crippen LogP contribution in [0.4, 0.5) is 0 Å². The summed E-state index contributed by atoms with van der Waals surface area (Å²) in [6.45, 7) is 5.16. The van der Waals surface area contributed by atoms with Gasteiger partial charge in [-0.2, -0.15) is 0 Å². The van der Waals surface area contributed by atoms with Gasteiger partial charge >= 0.3 is 0 Å². The van der Waals surface area contributed by atoms with Crippen LogP contribution >= 0.6 is 11.3 Å². The molecule has 0 bridgehead atoms. The predicted molar refractivity (Wildman–Crippen MR) is 107 cm³/mol. The third-order valence-corrected chi connectivity index (χ3v) is 5.13. The molecule has 3 rings (SSSR count). The van der Waals surface area contributed by atoms with Crippen LogP contribution in [0, 0.1) is 0 Å². The summed E-state index contributed by atoms with van der Waals surface area (Å²) in [7, 11) is 0. The molecule has 0 radical (unpaired) electrons. The lowest BCUT2D eigenvalue weighted by molar-refractivity contribution is 0.0950. The van der Waals surface area contributed by atoms with Crippen LogP contribution in [-0.4, -0.2) is 24.2 Å². The van der Waals surface area contributed by atoms with Gasteiger partial charge in [-0.1, -0.05) is 0 Å². The maximum Gasteiger partial charge on any atom is 0.251 e. The number of ether oxygens (including phenoxy) is 2. The molecule has 1 aromatic carbocycles. The molecule has 0 aliphatic carbocycles. The van der Waals surface area contributed by atoms with E-state index in [2.05, 4.69) is 5.32 Å². The predicted octanol–water partition coefficient (Wildman–Crippen LogP) is 4.15. The minimum absolute atomic E-state index is 0.203. The van der Waals surface area contributed by atoms with Crippen molar-refractivity contribution in [3.05, 3.63) is 69.8 Å². The van der Waals surface area contributed by atoms with Crippen molar-refractivity contribution in [3.8, 4) is 11.5 Å². The molecule has 6 nitrogen and oxygen atoms in total. The maximum absolute atomic E-state index is 12.5. The number of furan rings is 1. The lowest BCUT2D eigenvalue weighted by Gasteiger charge is -2.12. The summed E-state index contributed by atoms with van der Waals surface area (Å²) in [6, 6.07) is 12.3. The van der Waals surface area contributed by atoms with E-state index in [0.29, 0.717) is 42.6 Å². The Balaban J connectivity index is 1.63. The Labute approximate surface area is 167 Å². The van der Waals surface area contributed by atoms with Gasteiger partial charge in [0.15, 0.2) is 11.5 Å². The number of amides is 1. The first-order chi connectivity index (χ1) is 13.6. The highest BCUT2D eigenvalue weighted by Crippen LogP contribution is 2.30. The van der Waals surface area contributed by atoms with Gasteiger partial charge in [0.25, 0.3) is 5.91 Å². The van der Waals surface area contributed by atoms with Crippen LogP contribution in [0.1, 0.15) is 45.8 Å². The van der Waals surface area contributed by atoms with Crippen LogP contribution in [0.2, 0.25) is 0 Å². The molecule has 2 aromatic heterocycles. The highest BCUT2D eigenvalue weighted by molar-refractivity contribution is 7.12. The van der Waals surface area contributed by atoms with Crippen molar-refractivity contribution >= 4 is 17.2 Å². The van der Waals surface area contributed by atoms with Gasteiger partial charge in [-0.3, -0.25) is 4.79 Å². The van der Waals surface area contributed by atoms with E-state index >= 15 is 0 Å². The molecule has 148 valence electrons. The normalized spacial score (nSPS) is 11.8. The fourth-order valence-electron chi connectivity index (χ4n) is 2.69. The Bertz CT molecular complexity index is 903. The van der Waals surface area contributed by atoms with Crippen LogP contribution < -0.4 is 14.8 Å². The molecule has 3 aromatic rings. The molecule has 1 amide bonds. The number of aliphatic hydroxyl groups is 1. The summed E-state index contributed by atoms with van der Waals surface area (Å²) in [5.74, 6) is 1.47. The number of hydrogen-bond donors (Lipinski definition) is 2. The number of carbonyl (C=O) groups excluding carboxylic acids is 1. The van der Waals surface area contributed by atoms with Crippen LogP contribution in [0.3, 0.4) is 0 Å². The molecule has 28 heavy (non-hydrogen) atoms. The van der Waals surface area contributed by atoms with Gasteiger partial charge in [-0.25, -0.2) is 0 Å². The molecular weight excluding hydrogens is 378 g/mol. The van der Waals surface area contributed by atoms with Gasteiger partial charge in [0.05, 0.1) is 26.0 Å². The third-order valence-electron chi connectivity index (χ3n) is 3.99. The summed E-state index contributed by atoms with van der Waals surface area (Å²) in [5, 5.41) is 13.2. The number of hydrogen-bond acceptors (Lipinski definition) is 6. The van der Waals surface area contributed by atoms with Crippen LogP contribution in [-0.2, 0) is 6.54 Å². The van der Waals surface area contributed by atoms with Crippen LogP contribution in [0.5, 0.6) is 11.5 Å². The Morgan fingerprint density at radius 1 is 1.14 bits per heavy atom. The van der Waals surface area contributed by atoms with Crippen molar-refractivity contribution < 1.29 is 23.8 Å². The highest BCUT2D eigenvalue weighted by Gasteiger charge is 2.16. The minimum atomic E-state index is -0.802. The molecule has 0 spiro atoms. The number of nitrogens with one attached hydrogen (secondary N) is 1. The van der Waals surface area contributed by atoms with E-state index in [1.54, 1.807) is 30.3 Å². The zero-order valence-electron chi connectivity index (χ0n) is 15.8. The number of carbonyl (C=O) groups is 1. The second-order valence-electron chi connectivity index (χ2n) is 5.93. The number of thiophene rings is 1. The smallest absolute Gasteiger partial charge is 0.251 e. The molecule has 7 heteroatoms. The van der Waals surface area contributed by atoms with Gasteiger partial charge in [0, 0.05) is 15.3 Å². The van der Waals surface area contributed by atoms with Crippen LogP contribution in [0.25, 0.3) is 0 Å². The zero-order valence-corrected chi connectivity index (χ0v) is 16.6. The number of rotatable bonds is 9. The van der Waals surface area contributed by atoms with E-state index in [9.17, 15) is 9.90 Å². The van der Waals surface area contributed by atoms with E-state index in [1.165, 1.54) is 17.6 Å². The summed E-state index contributed by atoms with van der Waals surface area (Å²) in [4.78, 5) is 14.2. The van der Waals surface area contributed by atoms with E-state index in [0.717, 1.165) is 9.75 Å². The van der Waals surface area contributed by atoms with E-state index in [4.69, 9.17) is 13.9 Å². The summed E-state index contributed by atoms with van der Waals surface area (Å²) in [5.41, 5.74) is 0.499. The van der Waals surface area contributed by atoms with Crippen molar-refractivity contribution in [2.45, 2.75) is 26.5 Å². The average molecular weight is 401 g/mol. The fourth-order valence-corrected chi connectivity index (χ4v) is 3.63. The monoisotopic (exact) mass is 401 g/mol. The summed E-state index contributed by atoms with van der Waals surface area (Å²) < 4.78 is 16.3. The molecule has 1 unspecified atom stereocenters. The standard InChI is InChI=1S/C21H23NO5S/c1-3-25-16-9-7-14(12-18(16)26-4-2)21(24)22-13-15-8-10-19(28-15)20(23)17-6-5-11-27-17/h5-12,20,23H,3-4,13H2,1-2H3,(H,22,24). The third kappa shape index (κ3) is 4.74. The molecule has 2 heterocycles. The fraction of sp³-hybridized carbons (Fsp3) is 0.286. The first-order valence-corrected chi connectivity index (χ1v) is 9.92. The molecular formula is C21H23NO5S. The van der Waals surface area contributed by atoms with Crippen molar-refractivity contribution in [1.82, 2.24) is 5.32 Å². The second-order valence-corrected chi connectivity index (χ2v) is 7.13. The van der Waals surface area contributed by atoms with Crippen LogP contribution in [0.15, 0.2) is 53.1 Å². The second kappa shape index (κ2) is 9.43. The van der Waals surface area contributed by atoms with E-state index in [-0.39, 0.29) is 5.91 Å². The van der Waals surface area contributed by atoms with Gasteiger partial charge in [0.2, 0.25) is 0 Å². The quantitative estimate of drug-likeness (QED) is 0.563. The van der Waals surface area contributed by atoms with Crippen molar-refractivity contribution in [2.75, 3.05) is 13.2 Å². The van der Waals surface area contributed by atoms with Gasteiger partial charge in [0.1, 0.15) is 11.9 Å².